The molecule has 2 aromatic heterocycles. The van der Waals surface area contributed by atoms with E-state index in [0.29, 0.717) is 27.4 Å². The van der Waals surface area contributed by atoms with Crippen molar-refractivity contribution in [1.29, 1.82) is 0 Å². The van der Waals surface area contributed by atoms with E-state index in [-0.39, 0.29) is 12.1 Å². The number of fused-ring (bicyclic) bond motifs is 1. The highest BCUT2D eigenvalue weighted by molar-refractivity contribution is 7.23. The largest absolute Gasteiger partial charge is 0.278 e. The van der Waals surface area contributed by atoms with Crippen molar-refractivity contribution in [1.82, 2.24) is 9.97 Å². The summed E-state index contributed by atoms with van der Waals surface area (Å²) in [6.07, 6.45) is 1.61. The van der Waals surface area contributed by atoms with Gasteiger partial charge in [0.15, 0.2) is 5.13 Å². The molecule has 0 fully saturated rings. The molecule has 4 aromatic rings. The Kier molecular flexibility index (Phi) is 5.25. The van der Waals surface area contributed by atoms with E-state index in [1.165, 1.54) is 16.2 Å². The van der Waals surface area contributed by atoms with Gasteiger partial charge < -0.3 is 0 Å². The van der Waals surface area contributed by atoms with Crippen molar-refractivity contribution in [3.63, 3.8) is 0 Å². The molecule has 146 valence electrons. The van der Waals surface area contributed by atoms with Crippen LogP contribution in [0.3, 0.4) is 0 Å². The van der Waals surface area contributed by atoms with Gasteiger partial charge in [0.1, 0.15) is 11.6 Å². The van der Waals surface area contributed by atoms with Gasteiger partial charge in [-0.2, -0.15) is 0 Å². The smallest absolute Gasteiger partial charge is 0.263 e. The number of thiazole rings is 1. The maximum Gasteiger partial charge on any atom is 0.263 e. The number of carbonyl (C=O) groups is 1. The van der Waals surface area contributed by atoms with Gasteiger partial charge in [0.05, 0.1) is 33.0 Å². The predicted octanol–water partition coefficient (Wildman–Crippen LogP) is 5.78. The molecule has 2 aromatic carbocycles. The third-order valence-corrected chi connectivity index (χ3v) is 5.91. The van der Waals surface area contributed by atoms with Crippen LogP contribution >= 0.6 is 22.9 Å². The van der Waals surface area contributed by atoms with Gasteiger partial charge in [-0.25, -0.2) is 13.8 Å². The number of amides is 1. The number of aromatic nitrogens is 2. The minimum absolute atomic E-state index is 0.0764. The maximum atomic E-state index is 14.3. The lowest BCUT2D eigenvalue weighted by atomic mass is 10.1. The van der Waals surface area contributed by atoms with Gasteiger partial charge in [-0.3, -0.25) is 14.7 Å². The molecule has 0 N–H and O–H groups in total. The van der Waals surface area contributed by atoms with Crippen molar-refractivity contribution in [2.24, 2.45) is 0 Å². The molecule has 1 amide bonds. The number of anilines is 1. The monoisotopic (exact) mass is 429 g/mol. The minimum Gasteiger partial charge on any atom is -0.278 e. The van der Waals surface area contributed by atoms with E-state index in [1.807, 2.05) is 13.0 Å². The summed E-state index contributed by atoms with van der Waals surface area (Å²) in [5, 5.41) is 0.878. The third-order valence-electron chi connectivity index (χ3n) is 4.37. The summed E-state index contributed by atoms with van der Waals surface area (Å²) in [7, 11) is 0. The number of carbonyl (C=O) groups excluding carboxylic acids is 1. The Bertz CT molecular complexity index is 1170. The van der Waals surface area contributed by atoms with Crippen LogP contribution < -0.4 is 4.90 Å². The van der Waals surface area contributed by atoms with Gasteiger partial charge in [-0.05, 0) is 42.8 Å². The molecule has 0 spiro atoms. The molecule has 0 saturated carbocycles. The number of hydrogen-bond acceptors (Lipinski definition) is 4. The average Bonchev–Trinajstić information content (AvgIpc) is 3.16. The molecule has 4 rings (SSSR count). The summed E-state index contributed by atoms with van der Waals surface area (Å²) in [4.78, 5) is 23.4. The van der Waals surface area contributed by atoms with Gasteiger partial charge >= 0.3 is 0 Å². The first-order valence-electron chi connectivity index (χ1n) is 8.66. The van der Waals surface area contributed by atoms with Crippen LogP contribution in [0.1, 0.15) is 21.6 Å². The first-order chi connectivity index (χ1) is 13.9. The zero-order valence-electron chi connectivity index (χ0n) is 15.2. The molecule has 0 saturated heterocycles. The molecular weight excluding hydrogens is 416 g/mol. The zero-order chi connectivity index (χ0) is 20.5. The lowest BCUT2D eigenvalue weighted by molar-refractivity contribution is 0.0981. The van der Waals surface area contributed by atoms with E-state index in [4.69, 9.17) is 11.6 Å². The Balaban J connectivity index is 1.83. The summed E-state index contributed by atoms with van der Waals surface area (Å²) in [5.74, 6) is -2.32. The Morgan fingerprint density at radius 1 is 1.17 bits per heavy atom. The normalized spacial score (nSPS) is 11.0. The van der Waals surface area contributed by atoms with E-state index in [2.05, 4.69) is 9.97 Å². The van der Waals surface area contributed by atoms with Crippen LogP contribution in [0, 0.1) is 18.6 Å². The SMILES string of the molecule is Cc1ccc(Cl)c2sc(N(Cc3ccccn3)C(=O)c3ccc(F)cc3F)nc12. The molecule has 8 heteroatoms. The fraction of sp³-hybridized carbons (Fsp3) is 0.0952. The van der Waals surface area contributed by atoms with Crippen molar-refractivity contribution in [2.45, 2.75) is 13.5 Å². The minimum atomic E-state index is -0.934. The second kappa shape index (κ2) is 7.85. The van der Waals surface area contributed by atoms with Crippen molar-refractivity contribution in [3.05, 3.63) is 88.2 Å². The highest BCUT2D eigenvalue weighted by Crippen LogP contribution is 2.36. The second-order valence-electron chi connectivity index (χ2n) is 6.37. The van der Waals surface area contributed by atoms with Gasteiger partial charge in [0.2, 0.25) is 0 Å². The zero-order valence-corrected chi connectivity index (χ0v) is 16.8. The highest BCUT2D eigenvalue weighted by Gasteiger charge is 2.25. The van der Waals surface area contributed by atoms with Crippen LogP contribution in [0.4, 0.5) is 13.9 Å². The summed E-state index contributed by atoms with van der Waals surface area (Å²) in [6, 6.07) is 11.8. The van der Waals surface area contributed by atoms with Crippen LogP contribution in [-0.2, 0) is 6.54 Å². The Morgan fingerprint density at radius 2 is 2.00 bits per heavy atom. The Labute approximate surface area is 174 Å². The highest BCUT2D eigenvalue weighted by atomic mass is 35.5. The van der Waals surface area contributed by atoms with Crippen molar-refractivity contribution < 1.29 is 13.6 Å². The van der Waals surface area contributed by atoms with E-state index < -0.39 is 17.5 Å². The van der Waals surface area contributed by atoms with Crippen LogP contribution in [-0.4, -0.2) is 15.9 Å². The van der Waals surface area contributed by atoms with Crippen molar-refractivity contribution in [3.8, 4) is 0 Å². The molecule has 0 aliphatic rings. The molecule has 4 nitrogen and oxygen atoms in total. The Hall–Kier alpha value is -2.90. The number of aryl methyl sites for hydroxylation is 1. The van der Waals surface area contributed by atoms with Gasteiger partial charge in [0.25, 0.3) is 5.91 Å². The molecular formula is C21H14ClF2N3OS. The fourth-order valence-electron chi connectivity index (χ4n) is 2.89. The van der Waals surface area contributed by atoms with Crippen molar-refractivity contribution in [2.75, 3.05) is 4.90 Å². The molecule has 0 radical (unpaired) electrons. The molecule has 2 heterocycles. The number of nitrogens with zero attached hydrogens (tertiary/aromatic N) is 3. The van der Waals surface area contributed by atoms with Gasteiger partial charge in [-0.1, -0.05) is 35.1 Å². The molecule has 29 heavy (non-hydrogen) atoms. The van der Waals surface area contributed by atoms with E-state index >= 15 is 0 Å². The van der Waals surface area contributed by atoms with Crippen molar-refractivity contribution >= 4 is 44.2 Å². The number of rotatable bonds is 4. The second-order valence-corrected chi connectivity index (χ2v) is 7.76. The average molecular weight is 430 g/mol. The van der Waals surface area contributed by atoms with Crippen LogP contribution in [0.25, 0.3) is 10.2 Å². The standard InChI is InChI=1S/C21H14ClF2N3OS/c1-12-5-8-16(22)19-18(12)26-21(29-19)27(11-14-4-2-3-9-25-14)20(28)15-7-6-13(23)10-17(15)24/h2-10H,11H2,1H3. The fourth-order valence-corrected chi connectivity index (χ4v) is 4.21. The Morgan fingerprint density at radius 3 is 2.69 bits per heavy atom. The summed E-state index contributed by atoms with van der Waals surface area (Å²) in [6.45, 7) is 1.97. The topological polar surface area (TPSA) is 46.1 Å². The van der Waals surface area contributed by atoms with Gasteiger partial charge in [0, 0.05) is 12.3 Å². The maximum absolute atomic E-state index is 14.3. The lowest BCUT2D eigenvalue weighted by Gasteiger charge is -2.20. The number of halogens is 3. The first-order valence-corrected chi connectivity index (χ1v) is 9.86. The van der Waals surface area contributed by atoms with Crippen LogP contribution in [0.5, 0.6) is 0 Å². The molecule has 0 aliphatic heterocycles. The third kappa shape index (κ3) is 3.83. The van der Waals surface area contributed by atoms with Crippen LogP contribution in [0.2, 0.25) is 5.02 Å². The molecule has 0 bridgehead atoms. The number of hydrogen-bond donors (Lipinski definition) is 0. The lowest BCUT2D eigenvalue weighted by Crippen LogP contribution is -2.31. The predicted molar refractivity (Wildman–Crippen MR) is 110 cm³/mol. The summed E-state index contributed by atoms with van der Waals surface area (Å²) < 4.78 is 28.4. The molecule has 0 unspecified atom stereocenters. The van der Waals surface area contributed by atoms with E-state index in [9.17, 15) is 13.6 Å². The van der Waals surface area contributed by atoms with E-state index in [1.54, 1.807) is 30.5 Å². The molecule has 0 atom stereocenters. The van der Waals surface area contributed by atoms with Gasteiger partial charge in [-0.15, -0.1) is 0 Å². The molecule has 0 aliphatic carbocycles. The summed E-state index contributed by atoms with van der Waals surface area (Å²) >= 11 is 7.53. The quantitative estimate of drug-likeness (QED) is 0.413. The van der Waals surface area contributed by atoms with Crippen LogP contribution in [0.15, 0.2) is 54.7 Å². The first kappa shape index (κ1) is 19.4. The van der Waals surface area contributed by atoms with E-state index in [0.717, 1.165) is 22.4 Å². The number of pyridine rings is 1. The number of benzene rings is 2. The summed E-state index contributed by atoms with van der Waals surface area (Å²) in [5.41, 5.74) is 1.94.